The molecule has 1 amide bonds. The molecular formula is C18H19NO5. The minimum absolute atomic E-state index is 0.206. The second kappa shape index (κ2) is 6.70. The molecule has 0 radical (unpaired) electrons. The number of rotatable bonds is 5. The fourth-order valence-corrected chi connectivity index (χ4v) is 2.61. The number of hydrogen-bond acceptors (Lipinski definition) is 5. The summed E-state index contributed by atoms with van der Waals surface area (Å²) in [4.78, 5) is 12.6. The van der Waals surface area contributed by atoms with Crippen LogP contribution in [0.5, 0.6) is 23.0 Å². The number of para-hydroxylation sites is 1. The number of fused-ring (bicyclic) bond motifs is 1. The molecule has 0 aliphatic carbocycles. The highest BCUT2D eigenvalue weighted by Gasteiger charge is 2.20. The standard InChI is InChI=1S/C18H19NO5/c1-11(12-7-8-14-16(9-12)24-10-23-14)19-18(20)13-5-4-6-15(21-2)17(13)22-3/h4-9,11H,10H2,1-3H3,(H,19,20)/t11-/m0/s1. The van der Waals surface area contributed by atoms with Crippen molar-refractivity contribution in [1.82, 2.24) is 5.32 Å². The zero-order valence-corrected chi connectivity index (χ0v) is 13.8. The number of nitrogens with one attached hydrogen (secondary N) is 1. The van der Waals surface area contributed by atoms with Gasteiger partial charge in [-0.05, 0) is 36.8 Å². The van der Waals surface area contributed by atoms with Crippen LogP contribution >= 0.6 is 0 Å². The van der Waals surface area contributed by atoms with Crippen molar-refractivity contribution in [3.05, 3.63) is 47.5 Å². The van der Waals surface area contributed by atoms with E-state index in [-0.39, 0.29) is 18.7 Å². The van der Waals surface area contributed by atoms with E-state index in [0.717, 1.165) is 5.56 Å². The molecule has 126 valence electrons. The van der Waals surface area contributed by atoms with Crippen molar-refractivity contribution >= 4 is 5.91 Å². The first-order chi connectivity index (χ1) is 11.6. The van der Waals surface area contributed by atoms with Crippen LogP contribution in [0.2, 0.25) is 0 Å². The van der Waals surface area contributed by atoms with Crippen molar-refractivity contribution in [1.29, 1.82) is 0 Å². The monoisotopic (exact) mass is 329 g/mol. The molecule has 0 fully saturated rings. The summed E-state index contributed by atoms with van der Waals surface area (Å²) in [6, 6.07) is 10.6. The Labute approximate surface area is 140 Å². The lowest BCUT2D eigenvalue weighted by Crippen LogP contribution is -2.27. The van der Waals surface area contributed by atoms with Crippen molar-refractivity contribution in [3.8, 4) is 23.0 Å². The Morgan fingerprint density at radius 1 is 1.12 bits per heavy atom. The molecule has 24 heavy (non-hydrogen) atoms. The van der Waals surface area contributed by atoms with Gasteiger partial charge in [-0.15, -0.1) is 0 Å². The lowest BCUT2D eigenvalue weighted by Gasteiger charge is -2.17. The Hall–Kier alpha value is -2.89. The number of carbonyl (C=O) groups is 1. The van der Waals surface area contributed by atoms with Gasteiger partial charge in [-0.2, -0.15) is 0 Å². The molecule has 1 aliphatic heterocycles. The lowest BCUT2D eigenvalue weighted by atomic mass is 10.1. The van der Waals surface area contributed by atoms with E-state index in [1.807, 2.05) is 25.1 Å². The predicted molar refractivity (Wildman–Crippen MR) is 88.0 cm³/mol. The van der Waals surface area contributed by atoms with E-state index in [0.29, 0.717) is 28.6 Å². The van der Waals surface area contributed by atoms with E-state index in [1.165, 1.54) is 14.2 Å². The van der Waals surface area contributed by atoms with Gasteiger partial charge < -0.3 is 24.3 Å². The van der Waals surface area contributed by atoms with E-state index < -0.39 is 0 Å². The number of hydrogen-bond donors (Lipinski definition) is 1. The van der Waals surface area contributed by atoms with Gasteiger partial charge in [-0.25, -0.2) is 0 Å². The smallest absolute Gasteiger partial charge is 0.255 e. The Kier molecular flexibility index (Phi) is 4.46. The number of amides is 1. The quantitative estimate of drug-likeness (QED) is 0.913. The molecule has 6 nitrogen and oxygen atoms in total. The van der Waals surface area contributed by atoms with Crippen LogP contribution in [-0.4, -0.2) is 26.9 Å². The maximum Gasteiger partial charge on any atom is 0.255 e. The molecule has 1 heterocycles. The van der Waals surface area contributed by atoms with Gasteiger partial charge in [0.15, 0.2) is 23.0 Å². The normalized spacial score (nSPS) is 13.3. The summed E-state index contributed by atoms with van der Waals surface area (Å²) in [5.41, 5.74) is 1.35. The summed E-state index contributed by atoms with van der Waals surface area (Å²) in [5.74, 6) is 2.09. The van der Waals surface area contributed by atoms with Gasteiger partial charge in [-0.3, -0.25) is 4.79 Å². The van der Waals surface area contributed by atoms with Gasteiger partial charge in [0, 0.05) is 0 Å². The fraction of sp³-hybridized carbons (Fsp3) is 0.278. The van der Waals surface area contributed by atoms with E-state index in [2.05, 4.69) is 5.32 Å². The van der Waals surface area contributed by atoms with E-state index >= 15 is 0 Å². The SMILES string of the molecule is COc1cccc(C(=O)N[C@@H](C)c2ccc3c(c2)OCO3)c1OC. The highest BCUT2D eigenvalue weighted by atomic mass is 16.7. The largest absolute Gasteiger partial charge is 0.493 e. The number of ether oxygens (including phenoxy) is 4. The Morgan fingerprint density at radius 2 is 1.92 bits per heavy atom. The molecule has 3 rings (SSSR count). The van der Waals surface area contributed by atoms with Crippen LogP contribution in [0.25, 0.3) is 0 Å². The lowest BCUT2D eigenvalue weighted by molar-refractivity contribution is 0.0936. The van der Waals surface area contributed by atoms with E-state index in [9.17, 15) is 4.79 Å². The van der Waals surface area contributed by atoms with Crippen molar-refractivity contribution < 1.29 is 23.7 Å². The minimum Gasteiger partial charge on any atom is -0.493 e. The predicted octanol–water partition coefficient (Wildman–Crippen LogP) is 2.92. The van der Waals surface area contributed by atoms with Crippen LogP contribution in [0.15, 0.2) is 36.4 Å². The Morgan fingerprint density at radius 3 is 2.67 bits per heavy atom. The summed E-state index contributed by atoms with van der Waals surface area (Å²) in [7, 11) is 3.05. The van der Waals surface area contributed by atoms with Crippen molar-refractivity contribution in [2.24, 2.45) is 0 Å². The number of carbonyl (C=O) groups excluding carboxylic acids is 1. The van der Waals surface area contributed by atoms with Gasteiger partial charge in [-0.1, -0.05) is 12.1 Å². The maximum atomic E-state index is 12.6. The second-order valence-electron chi connectivity index (χ2n) is 5.35. The molecule has 1 aliphatic rings. The first-order valence-corrected chi connectivity index (χ1v) is 7.55. The third kappa shape index (κ3) is 2.95. The summed E-state index contributed by atoms with van der Waals surface area (Å²) in [6.07, 6.45) is 0. The molecule has 0 spiro atoms. The van der Waals surface area contributed by atoms with Crippen LogP contribution in [0.1, 0.15) is 28.9 Å². The van der Waals surface area contributed by atoms with E-state index in [4.69, 9.17) is 18.9 Å². The van der Waals surface area contributed by atoms with Crippen LogP contribution in [0.4, 0.5) is 0 Å². The van der Waals surface area contributed by atoms with Crippen molar-refractivity contribution in [3.63, 3.8) is 0 Å². The third-order valence-electron chi connectivity index (χ3n) is 3.89. The molecule has 1 N–H and O–H groups in total. The van der Waals surface area contributed by atoms with Gasteiger partial charge >= 0.3 is 0 Å². The molecule has 2 aromatic carbocycles. The van der Waals surface area contributed by atoms with Gasteiger partial charge in [0.05, 0.1) is 25.8 Å². The first kappa shape index (κ1) is 16.0. The average molecular weight is 329 g/mol. The zero-order chi connectivity index (χ0) is 17.1. The average Bonchev–Trinajstić information content (AvgIpc) is 3.08. The molecule has 2 aromatic rings. The Balaban J connectivity index is 1.79. The summed E-state index contributed by atoms with van der Waals surface area (Å²) >= 11 is 0. The maximum absolute atomic E-state index is 12.6. The molecule has 0 saturated heterocycles. The van der Waals surface area contributed by atoms with Gasteiger partial charge in [0.1, 0.15) is 0 Å². The van der Waals surface area contributed by atoms with E-state index in [1.54, 1.807) is 18.2 Å². The second-order valence-corrected chi connectivity index (χ2v) is 5.35. The fourth-order valence-electron chi connectivity index (χ4n) is 2.61. The summed E-state index contributed by atoms with van der Waals surface area (Å²) in [5, 5.41) is 2.96. The number of benzene rings is 2. The highest BCUT2D eigenvalue weighted by Crippen LogP contribution is 2.35. The molecular weight excluding hydrogens is 310 g/mol. The van der Waals surface area contributed by atoms with Gasteiger partial charge in [0.25, 0.3) is 5.91 Å². The van der Waals surface area contributed by atoms with Crippen LogP contribution in [0.3, 0.4) is 0 Å². The molecule has 0 aromatic heterocycles. The van der Waals surface area contributed by atoms with Crippen molar-refractivity contribution in [2.45, 2.75) is 13.0 Å². The third-order valence-corrected chi connectivity index (χ3v) is 3.89. The Bertz CT molecular complexity index is 759. The zero-order valence-electron chi connectivity index (χ0n) is 13.8. The molecule has 6 heteroatoms. The van der Waals surface area contributed by atoms with Crippen LogP contribution in [-0.2, 0) is 0 Å². The summed E-state index contributed by atoms with van der Waals surface area (Å²) in [6.45, 7) is 2.13. The molecule has 0 bridgehead atoms. The highest BCUT2D eigenvalue weighted by molar-refractivity contribution is 5.98. The molecule has 0 saturated carbocycles. The summed E-state index contributed by atoms with van der Waals surface area (Å²) < 4.78 is 21.2. The molecule has 1 atom stereocenters. The van der Waals surface area contributed by atoms with Crippen LogP contribution < -0.4 is 24.3 Å². The number of methoxy groups -OCH3 is 2. The molecule has 0 unspecified atom stereocenters. The minimum atomic E-state index is -0.240. The van der Waals surface area contributed by atoms with Gasteiger partial charge in [0.2, 0.25) is 6.79 Å². The van der Waals surface area contributed by atoms with Crippen LogP contribution in [0, 0.1) is 0 Å². The van der Waals surface area contributed by atoms with Crippen molar-refractivity contribution in [2.75, 3.05) is 21.0 Å². The topological polar surface area (TPSA) is 66.0 Å². The first-order valence-electron chi connectivity index (χ1n) is 7.55.